The predicted molar refractivity (Wildman–Crippen MR) is 113 cm³/mol. The van der Waals surface area contributed by atoms with Crippen LogP contribution in [0.25, 0.3) is 32.7 Å². The Bertz CT molecular complexity index is 1240. The zero-order valence-corrected chi connectivity index (χ0v) is 16.0. The lowest BCUT2D eigenvalue weighted by Crippen LogP contribution is -1.96. The molecule has 0 radical (unpaired) electrons. The smallest absolute Gasteiger partial charge is 0.203 e. The van der Waals surface area contributed by atoms with Gasteiger partial charge in [0, 0.05) is 5.39 Å². The molecule has 0 aliphatic carbocycles. The molecule has 28 heavy (non-hydrogen) atoms. The van der Waals surface area contributed by atoms with Crippen LogP contribution in [0.15, 0.2) is 71.5 Å². The maximum absolute atomic E-state index is 12.4. The lowest BCUT2D eigenvalue weighted by Gasteiger charge is -2.15. The average Bonchev–Trinajstić information content (AvgIpc) is 2.90. The molecular formula is C24H20O4. The van der Waals surface area contributed by atoms with Crippen LogP contribution >= 0.6 is 0 Å². The van der Waals surface area contributed by atoms with Crippen molar-refractivity contribution in [3.05, 3.63) is 77.0 Å². The maximum atomic E-state index is 12.4. The molecular weight excluding hydrogens is 352 g/mol. The maximum Gasteiger partial charge on any atom is 0.203 e. The predicted octanol–water partition coefficient (Wildman–Crippen LogP) is 5.05. The van der Waals surface area contributed by atoms with E-state index in [1.165, 1.54) is 0 Å². The molecule has 4 aromatic rings. The molecule has 4 aromatic carbocycles. The first-order chi connectivity index (χ1) is 13.7. The van der Waals surface area contributed by atoms with Crippen LogP contribution in [0.1, 0.15) is 0 Å². The number of benzene rings is 3. The number of hydrogen-bond acceptors (Lipinski definition) is 4. The molecule has 0 saturated carbocycles. The Morgan fingerprint density at radius 1 is 0.643 bits per heavy atom. The second-order valence-electron chi connectivity index (χ2n) is 6.46. The fourth-order valence-electron chi connectivity index (χ4n) is 3.60. The van der Waals surface area contributed by atoms with Gasteiger partial charge in [-0.1, -0.05) is 36.4 Å². The molecule has 0 amide bonds. The Kier molecular flexibility index (Phi) is 4.62. The fourth-order valence-corrected chi connectivity index (χ4v) is 3.60. The fraction of sp³-hybridized carbons (Fsp3) is 0.125. The van der Waals surface area contributed by atoms with E-state index in [1.54, 1.807) is 39.5 Å². The van der Waals surface area contributed by atoms with Crippen molar-refractivity contribution in [3.8, 4) is 28.4 Å². The Hall–Kier alpha value is -3.53. The van der Waals surface area contributed by atoms with E-state index in [1.807, 2.05) is 24.3 Å². The number of ether oxygens (including phenoxy) is 3. The van der Waals surface area contributed by atoms with Crippen molar-refractivity contribution in [2.45, 2.75) is 0 Å². The summed E-state index contributed by atoms with van der Waals surface area (Å²) in [6, 6.07) is 21.2. The number of rotatable bonds is 4. The summed E-state index contributed by atoms with van der Waals surface area (Å²) >= 11 is 0. The van der Waals surface area contributed by atoms with Crippen LogP contribution in [0.3, 0.4) is 0 Å². The van der Waals surface area contributed by atoms with E-state index < -0.39 is 0 Å². The highest BCUT2D eigenvalue weighted by Gasteiger charge is 2.18. The first kappa shape index (κ1) is 17.9. The van der Waals surface area contributed by atoms with Crippen molar-refractivity contribution in [1.29, 1.82) is 0 Å². The molecule has 0 saturated heterocycles. The van der Waals surface area contributed by atoms with Gasteiger partial charge in [-0.3, -0.25) is 4.79 Å². The van der Waals surface area contributed by atoms with Gasteiger partial charge in [0.15, 0.2) is 16.9 Å². The van der Waals surface area contributed by atoms with Crippen molar-refractivity contribution in [2.75, 3.05) is 21.3 Å². The van der Waals surface area contributed by atoms with Gasteiger partial charge in [-0.25, -0.2) is 0 Å². The molecule has 0 unspecified atom stereocenters. The van der Waals surface area contributed by atoms with Crippen molar-refractivity contribution >= 4 is 21.5 Å². The van der Waals surface area contributed by atoms with E-state index in [0.29, 0.717) is 17.2 Å². The summed E-state index contributed by atoms with van der Waals surface area (Å²) in [4.78, 5) is 12.4. The first-order valence-electron chi connectivity index (χ1n) is 8.92. The molecule has 4 rings (SSSR count). The van der Waals surface area contributed by atoms with Gasteiger partial charge in [-0.05, 0) is 57.6 Å². The van der Waals surface area contributed by atoms with Crippen LogP contribution in [-0.2, 0) is 0 Å². The summed E-state index contributed by atoms with van der Waals surface area (Å²) < 4.78 is 16.7. The highest BCUT2D eigenvalue weighted by Crippen LogP contribution is 2.45. The summed E-state index contributed by atoms with van der Waals surface area (Å²) in [5, 5.41) is 3.90. The van der Waals surface area contributed by atoms with Crippen LogP contribution in [0.2, 0.25) is 0 Å². The average molecular weight is 372 g/mol. The Balaban J connectivity index is 2.14. The molecule has 0 fully saturated rings. The van der Waals surface area contributed by atoms with Crippen LogP contribution < -0.4 is 19.6 Å². The third kappa shape index (κ3) is 2.93. The highest BCUT2D eigenvalue weighted by atomic mass is 16.5. The summed E-state index contributed by atoms with van der Waals surface area (Å²) in [7, 11) is 4.73. The van der Waals surface area contributed by atoms with Gasteiger partial charge in [0.2, 0.25) is 5.75 Å². The van der Waals surface area contributed by atoms with Crippen LogP contribution in [0.4, 0.5) is 0 Å². The SMILES string of the molecule is COc1cc2c(-c3ccc4ccccc4c3)cc(=O)ccc2c(OC)c1OC. The second kappa shape index (κ2) is 7.24. The largest absolute Gasteiger partial charge is 0.493 e. The van der Waals surface area contributed by atoms with Crippen molar-refractivity contribution in [1.82, 2.24) is 0 Å². The second-order valence-corrected chi connectivity index (χ2v) is 6.46. The monoisotopic (exact) mass is 372 g/mol. The molecule has 0 atom stereocenters. The molecule has 0 aromatic heterocycles. The zero-order valence-electron chi connectivity index (χ0n) is 16.0. The molecule has 0 aliphatic heterocycles. The molecule has 0 aliphatic rings. The molecule has 0 heterocycles. The van der Waals surface area contributed by atoms with E-state index in [2.05, 4.69) is 24.3 Å². The normalized spacial score (nSPS) is 10.8. The minimum absolute atomic E-state index is 0.0839. The van der Waals surface area contributed by atoms with E-state index in [-0.39, 0.29) is 5.43 Å². The van der Waals surface area contributed by atoms with Gasteiger partial charge in [0.05, 0.1) is 21.3 Å². The van der Waals surface area contributed by atoms with Gasteiger partial charge < -0.3 is 14.2 Å². The van der Waals surface area contributed by atoms with E-state index in [4.69, 9.17) is 14.2 Å². The molecule has 4 heteroatoms. The zero-order chi connectivity index (χ0) is 19.7. The minimum Gasteiger partial charge on any atom is -0.493 e. The summed E-state index contributed by atoms with van der Waals surface area (Å²) in [5.41, 5.74) is 1.68. The highest BCUT2D eigenvalue weighted by molar-refractivity contribution is 6.03. The molecule has 140 valence electrons. The Labute approximate surface area is 162 Å². The third-order valence-corrected chi connectivity index (χ3v) is 4.92. The van der Waals surface area contributed by atoms with Crippen molar-refractivity contribution in [3.63, 3.8) is 0 Å². The van der Waals surface area contributed by atoms with Gasteiger partial charge in [-0.15, -0.1) is 0 Å². The molecule has 0 bridgehead atoms. The van der Waals surface area contributed by atoms with E-state index >= 15 is 0 Å². The van der Waals surface area contributed by atoms with Crippen molar-refractivity contribution in [2.24, 2.45) is 0 Å². The van der Waals surface area contributed by atoms with E-state index in [0.717, 1.165) is 32.7 Å². The van der Waals surface area contributed by atoms with Gasteiger partial charge >= 0.3 is 0 Å². The van der Waals surface area contributed by atoms with Gasteiger partial charge in [-0.2, -0.15) is 0 Å². The first-order valence-corrected chi connectivity index (χ1v) is 8.92. The Morgan fingerprint density at radius 3 is 2.11 bits per heavy atom. The summed E-state index contributed by atoms with van der Waals surface area (Å²) in [6.45, 7) is 0. The summed E-state index contributed by atoms with van der Waals surface area (Å²) in [5.74, 6) is 1.59. The topological polar surface area (TPSA) is 44.8 Å². The third-order valence-electron chi connectivity index (χ3n) is 4.92. The number of fused-ring (bicyclic) bond motifs is 2. The Morgan fingerprint density at radius 2 is 1.39 bits per heavy atom. The molecule has 4 nitrogen and oxygen atoms in total. The van der Waals surface area contributed by atoms with Crippen molar-refractivity contribution < 1.29 is 14.2 Å². The standard InChI is InChI=1S/C24H20O4/c1-26-22-14-21-19(23(27-2)24(22)28-3)11-10-18(25)13-20(21)17-9-8-15-6-4-5-7-16(15)12-17/h4-14H,1-3H3. The summed E-state index contributed by atoms with van der Waals surface area (Å²) in [6.07, 6.45) is 0. The molecule has 0 spiro atoms. The van der Waals surface area contributed by atoms with Crippen LogP contribution in [0, 0.1) is 0 Å². The number of hydrogen-bond donors (Lipinski definition) is 0. The number of methoxy groups -OCH3 is 3. The quantitative estimate of drug-likeness (QED) is 0.503. The van der Waals surface area contributed by atoms with Gasteiger partial charge in [0.1, 0.15) is 0 Å². The van der Waals surface area contributed by atoms with E-state index in [9.17, 15) is 4.79 Å². The van der Waals surface area contributed by atoms with Gasteiger partial charge in [0.25, 0.3) is 0 Å². The van der Waals surface area contributed by atoms with Crippen LogP contribution in [0.5, 0.6) is 17.2 Å². The minimum atomic E-state index is -0.0839. The lowest BCUT2D eigenvalue weighted by molar-refractivity contribution is 0.327. The van der Waals surface area contributed by atoms with Crippen LogP contribution in [-0.4, -0.2) is 21.3 Å². The lowest BCUT2D eigenvalue weighted by atomic mass is 9.98. The molecule has 0 N–H and O–H groups in total.